The van der Waals surface area contributed by atoms with Gasteiger partial charge in [-0.2, -0.15) is 0 Å². The van der Waals surface area contributed by atoms with Gasteiger partial charge >= 0.3 is 0 Å². The van der Waals surface area contributed by atoms with Gasteiger partial charge in [-0.1, -0.05) is 12.1 Å². The van der Waals surface area contributed by atoms with E-state index >= 15 is 0 Å². The van der Waals surface area contributed by atoms with Crippen LogP contribution in [-0.2, 0) is 9.47 Å². The second-order valence-electron chi connectivity index (χ2n) is 3.35. The minimum absolute atomic E-state index is 0.155. The molecule has 1 saturated heterocycles. The quantitative estimate of drug-likeness (QED) is 0.744. The molecule has 0 aromatic heterocycles. The molecule has 3 heteroatoms. The maximum absolute atomic E-state index is 9.10. The lowest BCUT2D eigenvalue weighted by Crippen LogP contribution is -2.01. The summed E-state index contributed by atoms with van der Waals surface area (Å²) in [6, 6.07) is 7.11. The standard InChI is InChI=1S/C11H14O3/c1-2-13-7-10-11(14-10)8-3-5-9(12)6-4-8/h3-6,10-12H,2,7H2,1H3. The maximum Gasteiger partial charge on any atom is 0.115 e. The van der Waals surface area contributed by atoms with Gasteiger partial charge in [0, 0.05) is 6.61 Å². The summed E-state index contributed by atoms with van der Waals surface area (Å²) in [7, 11) is 0. The molecule has 1 aromatic rings. The monoisotopic (exact) mass is 194 g/mol. The highest BCUT2D eigenvalue weighted by Crippen LogP contribution is 2.39. The molecule has 2 unspecified atom stereocenters. The SMILES string of the molecule is CCOCC1OC1c1ccc(O)cc1. The zero-order valence-corrected chi connectivity index (χ0v) is 8.14. The molecule has 0 radical (unpaired) electrons. The molecule has 2 atom stereocenters. The Kier molecular flexibility index (Phi) is 2.70. The predicted octanol–water partition coefficient (Wildman–Crippen LogP) is 1.87. The fourth-order valence-electron chi connectivity index (χ4n) is 1.46. The van der Waals surface area contributed by atoms with Crippen molar-refractivity contribution in [3.8, 4) is 5.75 Å². The van der Waals surface area contributed by atoms with Crippen molar-refractivity contribution in [3.63, 3.8) is 0 Å². The number of ether oxygens (including phenoxy) is 2. The summed E-state index contributed by atoms with van der Waals surface area (Å²) >= 11 is 0. The van der Waals surface area contributed by atoms with Gasteiger partial charge in [-0.05, 0) is 24.6 Å². The fraction of sp³-hybridized carbons (Fsp3) is 0.455. The van der Waals surface area contributed by atoms with Crippen LogP contribution in [0.3, 0.4) is 0 Å². The van der Waals surface area contributed by atoms with E-state index in [2.05, 4.69) is 0 Å². The molecule has 1 heterocycles. The molecule has 1 N–H and O–H groups in total. The second kappa shape index (κ2) is 3.98. The predicted molar refractivity (Wildman–Crippen MR) is 52.2 cm³/mol. The van der Waals surface area contributed by atoms with E-state index in [9.17, 15) is 0 Å². The normalized spacial score (nSPS) is 24.9. The van der Waals surface area contributed by atoms with Crippen LogP contribution < -0.4 is 0 Å². The van der Waals surface area contributed by atoms with Crippen LogP contribution in [0.15, 0.2) is 24.3 Å². The van der Waals surface area contributed by atoms with Gasteiger partial charge in [0.05, 0.1) is 6.61 Å². The van der Waals surface area contributed by atoms with E-state index in [0.717, 1.165) is 12.2 Å². The number of benzene rings is 1. The summed E-state index contributed by atoms with van der Waals surface area (Å²) in [5.41, 5.74) is 1.10. The fourth-order valence-corrected chi connectivity index (χ4v) is 1.46. The van der Waals surface area contributed by atoms with E-state index in [1.165, 1.54) is 0 Å². The lowest BCUT2D eigenvalue weighted by molar-refractivity contribution is 0.128. The number of epoxide rings is 1. The smallest absolute Gasteiger partial charge is 0.115 e. The summed E-state index contributed by atoms with van der Waals surface area (Å²) in [5.74, 6) is 0.288. The van der Waals surface area contributed by atoms with E-state index in [-0.39, 0.29) is 18.0 Å². The van der Waals surface area contributed by atoms with E-state index < -0.39 is 0 Å². The minimum atomic E-state index is 0.155. The highest BCUT2D eigenvalue weighted by atomic mass is 16.6. The average Bonchev–Trinajstić information content (AvgIpc) is 2.95. The van der Waals surface area contributed by atoms with Gasteiger partial charge in [-0.15, -0.1) is 0 Å². The van der Waals surface area contributed by atoms with Gasteiger partial charge in [0.25, 0.3) is 0 Å². The van der Waals surface area contributed by atoms with Gasteiger partial charge in [0.1, 0.15) is 18.0 Å². The summed E-state index contributed by atoms with van der Waals surface area (Å²) < 4.78 is 10.7. The third-order valence-corrected chi connectivity index (χ3v) is 2.29. The first-order valence-electron chi connectivity index (χ1n) is 4.83. The molecule has 1 aliphatic rings. The molecule has 0 saturated carbocycles. The second-order valence-corrected chi connectivity index (χ2v) is 3.35. The number of rotatable bonds is 4. The highest BCUT2D eigenvalue weighted by molar-refractivity contribution is 5.29. The van der Waals surface area contributed by atoms with Gasteiger partial charge < -0.3 is 14.6 Å². The Morgan fingerprint density at radius 2 is 2.07 bits per heavy atom. The van der Waals surface area contributed by atoms with Crippen LogP contribution in [0.2, 0.25) is 0 Å². The van der Waals surface area contributed by atoms with Crippen molar-refractivity contribution in [1.82, 2.24) is 0 Å². The average molecular weight is 194 g/mol. The maximum atomic E-state index is 9.10. The first-order chi connectivity index (χ1) is 6.81. The number of hydrogen-bond acceptors (Lipinski definition) is 3. The van der Waals surface area contributed by atoms with Gasteiger partial charge in [0.15, 0.2) is 0 Å². The largest absolute Gasteiger partial charge is 0.508 e. The Balaban J connectivity index is 1.89. The molecule has 3 nitrogen and oxygen atoms in total. The molecule has 2 rings (SSSR count). The summed E-state index contributed by atoms with van der Waals surface area (Å²) in [6.07, 6.45) is 0.349. The van der Waals surface area contributed by atoms with Crippen molar-refractivity contribution < 1.29 is 14.6 Å². The molecular weight excluding hydrogens is 180 g/mol. The van der Waals surface area contributed by atoms with Gasteiger partial charge in [-0.25, -0.2) is 0 Å². The minimum Gasteiger partial charge on any atom is -0.508 e. The number of hydrogen-bond donors (Lipinski definition) is 1. The topological polar surface area (TPSA) is 42.0 Å². The van der Waals surface area contributed by atoms with Crippen LogP contribution in [0.1, 0.15) is 18.6 Å². The zero-order valence-electron chi connectivity index (χ0n) is 8.14. The van der Waals surface area contributed by atoms with E-state index in [4.69, 9.17) is 14.6 Å². The van der Waals surface area contributed by atoms with Crippen molar-refractivity contribution in [1.29, 1.82) is 0 Å². The Morgan fingerprint density at radius 3 is 2.71 bits per heavy atom. The van der Waals surface area contributed by atoms with Crippen LogP contribution >= 0.6 is 0 Å². The molecule has 1 aliphatic heterocycles. The molecule has 76 valence electrons. The lowest BCUT2D eigenvalue weighted by atomic mass is 10.1. The molecule has 0 amide bonds. The van der Waals surface area contributed by atoms with Crippen LogP contribution in [0, 0.1) is 0 Å². The Bertz CT molecular complexity index is 294. The van der Waals surface area contributed by atoms with Crippen molar-refractivity contribution in [2.45, 2.75) is 19.1 Å². The molecule has 14 heavy (non-hydrogen) atoms. The summed E-state index contributed by atoms with van der Waals surface area (Å²) in [5, 5.41) is 9.10. The van der Waals surface area contributed by atoms with E-state index in [1.54, 1.807) is 12.1 Å². The highest BCUT2D eigenvalue weighted by Gasteiger charge is 2.39. The van der Waals surface area contributed by atoms with E-state index in [0.29, 0.717) is 6.61 Å². The van der Waals surface area contributed by atoms with Crippen LogP contribution in [0.25, 0.3) is 0 Å². The number of phenols is 1. The van der Waals surface area contributed by atoms with Gasteiger partial charge in [-0.3, -0.25) is 0 Å². The Hall–Kier alpha value is -1.06. The third-order valence-electron chi connectivity index (χ3n) is 2.29. The first-order valence-corrected chi connectivity index (χ1v) is 4.83. The third kappa shape index (κ3) is 2.05. The van der Waals surface area contributed by atoms with E-state index in [1.807, 2.05) is 19.1 Å². The molecular formula is C11H14O3. The lowest BCUT2D eigenvalue weighted by Gasteiger charge is -1.97. The molecule has 0 spiro atoms. The van der Waals surface area contributed by atoms with Crippen LogP contribution in [0.5, 0.6) is 5.75 Å². The van der Waals surface area contributed by atoms with Crippen LogP contribution in [-0.4, -0.2) is 24.4 Å². The Labute approximate surface area is 83.3 Å². The van der Waals surface area contributed by atoms with Crippen molar-refractivity contribution in [3.05, 3.63) is 29.8 Å². The van der Waals surface area contributed by atoms with Crippen molar-refractivity contribution >= 4 is 0 Å². The molecule has 1 aromatic carbocycles. The first kappa shape index (κ1) is 9.49. The van der Waals surface area contributed by atoms with Crippen LogP contribution in [0.4, 0.5) is 0 Å². The summed E-state index contributed by atoms with van der Waals surface area (Å²) in [6.45, 7) is 3.35. The number of phenolic OH excluding ortho intramolecular Hbond substituents is 1. The Morgan fingerprint density at radius 1 is 1.36 bits per heavy atom. The van der Waals surface area contributed by atoms with Crippen molar-refractivity contribution in [2.24, 2.45) is 0 Å². The number of aromatic hydroxyl groups is 1. The van der Waals surface area contributed by atoms with Gasteiger partial charge in [0.2, 0.25) is 0 Å². The molecule has 0 aliphatic carbocycles. The zero-order chi connectivity index (χ0) is 9.97. The molecule has 0 bridgehead atoms. The van der Waals surface area contributed by atoms with Crippen molar-refractivity contribution in [2.75, 3.05) is 13.2 Å². The molecule has 1 fully saturated rings. The summed E-state index contributed by atoms with van der Waals surface area (Å²) in [4.78, 5) is 0.